The van der Waals surface area contributed by atoms with Crippen molar-refractivity contribution in [2.75, 3.05) is 19.7 Å². The molecule has 0 aliphatic carbocycles. The number of rotatable bonds is 3. The third-order valence-corrected chi connectivity index (χ3v) is 2.41. The Balaban J connectivity index is 1.85. The summed E-state index contributed by atoms with van der Waals surface area (Å²) in [5.41, 5.74) is 0. The number of nitrogens with zero attached hydrogens (tertiary/aromatic N) is 2. The van der Waals surface area contributed by atoms with Crippen LogP contribution in [0.2, 0.25) is 5.28 Å². The molecule has 0 spiro atoms. The van der Waals surface area contributed by atoms with Crippen LogP contribution in [0.4, 0.5) is 0 Å². The van der Waals surface area contributed by atoms with Crippen molar-refractivity contribution >= 4 is 11.6 Å². The van der Waals surface area contributed by atoms with Crippen LogP contribution in [0, 0.1) is 5.92 Å². The molecule has 0 saturated carbocycles. The number of halogens is 1. The molecule has 1 atom stereocenters. The Bertz CT molecular complexity index is 302. The first-order chi connectivity index (χ1) is 6.84. The number of hydrogen-bond acceptors (Lipinski definition) is 4. The third kappa shape index (κ3) is 2.56. The summed E-state index contributed by atoms with van der Waals surface area (Å²) in [7, 11) is 0. The van der Waals surface area contributed by atoms with Gasteiger partial charge < -0.3 is 10.1 Å². The normalized spacial score (nSPS) is 21.1. The molecule has 1 fully saturated rings. The van der Waals surface area contributed by atoms with Gasteiger partial charge in [-0.05, 0) is 24.6 Å². The molecule has 2 rings (SSSR count). The zero-order valence-corrected chi connectivity index (χ0v) is 8.50. The van der Waals surface area contributed by atoms with Crippen molar-refractivity contribution in [3.63, 3.8) is 0 Å². The molecule has 0 bridgehead atoms. The summed E-state index contributed by atoms with van der Waals surface area (Å²) in [5.74, 6) is 1.14. The predicted octanol–water partition coefficient (Wildman–Crippen LogP) is 1.12. The summed E-state index contributed by atoms with van der Waals surface area (Å²) in [6.07, 6.45) is 2.76. The summed E-state index contributed by atoms with van der Waals surface area (Å²) in [6, 6.07) is 1.72. The minimum absolute atomic E-state index is 0.229. The standard InChI is InChI=1S/C9H12ClN3O/c10-9-12-4-2-8(13-9)14-6-7-1-3-11-5-7/h2,4,7,11H,1,3,5-6H2/t7-/m0/s1. The fourth-order valence-corrected chi connectivity index (χ4v) is 1.60. The van der Waals surface area contributed by atoms with Gasteiger partial charge in [-0.1, -0.05) is 0 Å². The maximum Gasteiger partial charge on any atom is 0.225 e. The molecule has 1 N–H and O–H groups in total. The van der Waals surface area contributed by atoms with Gasteiger partial charge in [0.05, 0.1) is 6.61 Å². The summed E-state index contributed by atoms with van der Waals surface area (Å²) in [6.45, 7) is 2.80. The molecule has 4 nitrogen and oxygen atoms in total. The van der Waals surface area contributed by atoms with E-state index in [2.05, 4.69) is 15.3 Å². The van der Waals surface area contributed by atoms with Crippen molar-refractivity contribution < 1.29 is 4.74 Å². The van der Waals surface area contributed by atoms with Gasteiger partial charge in [-0.2, -0.15) is 4.98 Å². The topological polar surface area (TPSA) is 47.0 Å². The van der Waals surface area contributed by atoms with Gasteiger partial charge in [0.15, 0.2) is 0 Å². The molecule has 14 heavy (non-hydrogen) atoms. The lowest BCUT2D eigenvalue weighted by atomic mass is 10.1. The highest BCUT2D eigenvalue weighted by atomic mass is 35.5. The SMILES string of the molecule is Clc1nccc(OC[C@H]2CCNC2)n1. The number of hydrogen-bond donors (Lipinski definition) is 1. The van der Waals surface area contributed by atoms with Crippen LogP contribution in [-0.2, 0) is 0 Å². The van der Waals surface area contributed by atoms with E-state index >= 15 is 0 Å². The lowest BCUT2D eigenvalue weighted by Gasteiger charge is -2.09. The van der Waals surface area contributed by atoms with E-state index in [9.17, 15) is 0 Å². The molecule has 0 radical (unpaired) electrons. The zero-order valence-electron chi connectivity index (χ0n) is 7.74. The lowest BCUT2D eigenvalue weighted by Crippen LogP contribution is -2.15. The molecule has 2 heterocycles. The van der Waals surface area contributed by atoms with Crippen molar-refractivity contribution in [3.8, 4) is 5.88 Å². The first kappa shape index (κ1) is 9.68. The molecule has 1 aromatic rings. The molecular weight excluding hydrogens is 202 g/mol. The van der Waals surface area contributed by atoms with Crippen molar-refractivity contribution in [2.45, 2.75) is 6.42 Å². The van der Waals surface area contributed by atoms with E-state index in [1.807, 2.05) is 0 Å². The Kier molecular flexibility index (Phi) is 3.16. The number of ether oxygens (including phenoxy) is 1. The quantitative estimate of drug-likeness (QED) is 0.765. The van der Waals surface area contributed by atoms with Crippen LogP contribution in [0.15, 0.2) is 12.3 Å². The van der Waals surface area contributed by atoms with Crippen molar-refractivity contribution in [3.05, 3.63) is 17.5 Å². The molecule has 1 saturated heterocycles. The average molecular weight is 214 g/mol. The van der Waals surface area contributed by atoms with E-state index < -0.39 is 0 Å². The van der Waals surface area contributed by atoms with Gasteiger partial charge in [0.2, 0.25) is 11.2 Å². The van der Waals surface area contributed by atoms with E-state index in [-0.39, 0.29) is 5.28 Å². The van der Waals surface area contributed by atoms with Crippen LogP contribution in [0.1, 0.15) is 6.42 Å². The highest BCUT2D eigenvalue weighted by Gasteiger charge is 2.15. The van der Waals surface area contributed by atoms with Crippen LogP contribution >= 0.6 is 11.6 Å². The van der Waals surface area contributed by atoms with Gasteiger partial charge in [-0.3, -0.25) is 0 Å². The second kappa shape index (κ2) is 4.57. The second-order valence-electron chi connectivity index (χ2n) is 3.33. The molecule has 76 valence electrons. The van der Waals surface area contributed by atoms with Gasteiger partial charge in [0.25, 0.3) is 0 Å². The monoisotopic (exact) mass is 213 g/mol. The molecule has 1 aromatic heterocycles. The molecule has 0 unspecified atom stereocenters. The highest BCUT2D eigenvalue weighted by molar-refractivity contribution is 6.28. The van der Waals surface area contributed by atoms with Crippen LogP contribution in [0.5, 0.6) is 5.88 Å². The Hall–Kier alpha value is -0.870. The molecular formula is C9H12ClN3O. The molecule has 1 aliphatic heterocycles. The van der Waals surface area contributed by atoms with Crippen molar-refractivity contribution in [1.82, 2.24) is 15.3 Å². The fourth-order valence-electron chi connectivity index (χ4n) is 1.46. The van der Waals surface area contributed by atoms with E-state index in [4.69, 9.17) is 16.3 Å². The van der Waals surface area contributed by atoms with Crippen molar-refractivity contribution in [2.24, 2.45) is 5.92 Å². The maximum absolute atomic E-state index is 5.63. The Labute approximate surface area is 87.7 Å². The molecule has 5 heteroatoms. The van der Waals surface area contributed by atoms with E-state index in [0.717, 1.165) is 13.1 Å². The second-order valence-corrected chi connectivity index (χ2v) is 3.67. The van der Waals surface area contributed by atoms with Gasteiger partial charge >= 0.3 is 0 Å². The van der Waals surface area contributed by atoms with Crippen LogP contribution in [0.25, 0.3) is 0 Å². The summed E-state index contributed by atoms with van der Waals surface area (Å²) in [4.78, 5) is 7.73. The Morgan fingerprint density at radius 1 is 1.64 bits per heavy atom. The van der Waals surface area contributed by atoms with Crippen LogP contribution in [0.3, 0.4) is 0 Å². The summed E-state index contributed by atoms with van der Waals surface area (Å²) in [5, 5.41) is 3.51. The van der Waals surface area contributed by atoms with Gasteiger partial charge in [-0.15, -0.1) is 0 Å². The third-order valence-electron chi connectivity index (χ3n) is 2.23. The number of aromatic nitrogens is 2. The Morgan fingerprint density at radius 2 is 2.57 bits per heavy atom. The van der Waals surface area contributed by atoms with Gasteiger partial charge in [0.1, 0.15) is 0 Å². The van der Waals surface area contributed by atoms with Crippen LogP contribution < -0.4 is 10.1 Å². The van der Waals surface area contributed by atoms with Crippen LogP contribution in [-0.4, -0.2) is 29.7 Å². The van der Waals surface area contributed by atoms with Gasteiger partial charge in [-0.25, -0.2) is 4.98 Å². The van der Waals surface area contributed by atoms with E-state index in [0.29, 0.717) is 18.4 Å². The van der Waals surface area contributed by atoms with Crippen molar-refractivity contribution in [1.29, 1.82) is 0 Å². The lowest BCUT2D eigenvalue weighted by molar-refractivity contribution is 0.250. The smallest absolute Gasteiger partial charge is 0.225 e. The molecule has 1 aliphatic rings. The molecule has 0 amide bonds. The summed E-state index contributed by atoms with van der Waals surface area (Å²) >= 11 is 5.63. The number of nitrogens with one attached hydrogen (secondary N) is 1. The van der Waals surface area contributed by atoms with E-state index in [1.54, 1.807) is 12.3 Å². The predicted molar refractivity (Wildman–Crippen MR) is 53.5 cm³/mol. The minimum atomic E-state index is 0.229. The highest BCUT2D eigenvalue weighted by Crippen LogP contribution is 2.12. The Morgan fingerprint density at radius 3 is 3.29 bits per heavy atom. The van der Waals surface area contributed by atoms with E-state index in [1.165, 1.54) is 6.42 Å². The largest absolute Gasteiger partial charge is 0.477 e. The average Bonchev–Trinajstić information content (AvgIpc) is 2.67. The first-order valence-corrected chi connectivity index (χ1v) is 5.04. The fraction of sp³-hybridized carbons (Fsp3) is 0.556. The first-order valence-electron chi connectivity index (χ1n) is 4.66. The maximum atomic E-state index is 5.63. The molecule has 0 aromatic carbocycles. The zero-order chi connectivity index (χ0) is 9.80. The summed E-state index contributed by atoms with van der Waals surface area (Å²) < 4.78 is 5.50. The minimum Gasteiger partial charge on any atom is -0.477 e. The van der Waals surface area contributed by atoms with Gasteiger partial charge in [0, 0.05) is 24.7 Å².